The summed E-state index contributed by atoms with van der Waals surface area (Å²) in [6, 6.07) is 3.67. The Hall–Kier alpha value is -1.62. The number of nitrogens with one attached hydrogen (secondary N) is 1. The molecule has 1 atom stereocenters. The number of carbonyl (C=O) groups is 2. The molecule has 1 N–H and O–H groups in total. The molecule has 1 rings (SSSR count). The van der Waals surface area contributed by atoms with Gasteiger partial charge in [0.1, 0.15) is 11.4 Å². The first-order chi connectivity index (χ1) is 9.34. The summed E-state index contributed by atoms with van der Waals surface area (Å²) in [6.45, 7) is 3.41. The van der Waals surface area contributed by atoms with E-state index < -0.39 is 23.2 Å². The maximum atomic E-state index is 13.6. The first kappa shape index (κ1) is 16.4. The van der Waals surface area contributed by atoms with Gasteiger partial charge in [-0.1, -0.05) is 24.9 Å². The predicted molar refractivity (Wildman–Crippen MR) is 74.2 cm³/mol. The zero-order valence-electron chi connectivity index (χ0n) is 11.6. The third-order valence-electron chi connectivity index (χ3n) is 2.95. The molecule has 0 aliphatic carbocycles. The van der Waals surface area contributed by atoms with Crippen LogP contribution in [0.3, 0.4) is 0 Å². The van der Waals surface area contributed by atoms with E-state index in [1.165, 1.54) is 19.2 Å². The van der Waals surface area contributed by atoms with Gasteiger partial charge in [-0.3, -0.25) is 4.79 Å². The second-order valence-electron chi connectivity index (χ2n) is 4.65. The number of rotatable bonds is 5. The number of ether oxygens (including phenoxy) is 1. The average molecular weight is 302 g/mol. The monoisotopic (exact) mass is 301 g/mol. The summed E-state index contributed by atoms with van der Waals surface area (Å²) in [5.74, 6) is -1.97. The molecular weight excluding hydrogens is 285 g/mol. The van der Waals surface area contributed by atoms with Gasteiger partial charge >= 0.3 is 5.97 Å². The summed E-state index contributed by atoms with van der Waals surface area (Å²) in [5.41, 5.74) is -1.40. The van der Waals surface area contributed by atoms with E-state index in [1.54, 1.807) is 6.92 Å². The lowest BCUT2D eigenvalue weighted by Gasteiger charge is -2.27. The number of esters is 1. The Morgan fingerprint density at radius 3 is 2.65 bits per heavy atom. The van der Waals surface area contributed by atoms with Crippen LogP contribution in [0.4, 0.5) is 4.39 Å². The van der Waals surface area contributed by atoms with Crippen LogP contribution < -0.4 is 5.32 Å². The molecule has 1 amide bonds. The molecule has 6 heteroatoms. The summed E-state index contributed by atoms with van der Waals surface area (Å²) in [6.07, 6.45) is 1.04. The van der Waals surface area contributed by atoms with E-state index in [4.69, 9.17) is 11.6 Å². The van der Waals surface area contributed by atoms with Crippen LogP contribution in [0.5, 0.6) is 0 Å². The van der Waals surface area contributed by atoms with Crippen LogP contribution in [0.25, 0.3) is 0 Å². The molecule has 0 saturated carbocycles. The largest absolute Gasteiger partial charge is 0.467 e. The Bertz CT molecular complexity index is 521. The zero-order valence-corrected chi connectivity index (χ0v) is 12.4. The van der Waals surface area contributed by atoms with Gasteiger partial charge < -0.3 is 10.1 Å². The molecule has 1 aromatic rings. The highest BCUT2D eigenvalue weighted by atomic mass is 35.5. The van der Waals surface area contributed by atoms with Crippen LogP contribution in [-0.2, 0) is 9.53 Å². The van der Waals surface area contributed by atoms with Crippen molar-refractivity contribution in [2.24, 2.45) is 0 Å². The van der Waals surface area contributed by atoms with E-state index in [1.807, 2.05) is 6.92 Å². The summed E-state index contributed by atoms with van der Waals surface area (Å²) in [5, 5.41) is 2.76. The van der Waals surface area contributed by atoms with Crippen molar-refractivity contribution in [3.63, 3.8) is 0 Å². The Morgan fingerprint density at radius 1 is 1.45 bits per heavy atom. The van der Waals surface area contributed by atoms with Crippen molar-refractivity contribution < 1.29 is 18.7 Å². The second-order valence-corrected chi connectivity index (χ2v) is 5.09. The fraction of sp³-hybridized carbons (Fsp3) is 0.429. The molecule has 0 aliphatic rings. The molecule has 20 heavy (non-hydrogen) atoms. The topological polar surface area (TPSA) is 55.4 Å². The smallest absolute Gasteiger partial charge is 0.331 e. The summed E-state index contributed by atoms with van der Waals surface area (Å²) < 4.78 is 18.3. The van der Waals surface area contributed by atoms with E-state index in [9.17, 15) is 14.0 Å². The lowest BCUT2D eigenvalue weighted by atomic mass is 9.95. The van der Waals surface area contributed by atoms with Crippen molar-refractivity contribution in [2.45, 2.75) is 32.2 Å². The molecule has 0 aromatic heterocycles. The molecule has 0 bridgehead atoms. The first-order valence-electron chi connectivity index (χ1n) is 6.20. The number of benzene rings is 1. The SMILES string of the molecule is CCCC(C)(NC(=O)c1cc(Cl)ccc1F)C(=O)OC. The molecule has 0 saturated heterocycles. The number of halogens is 2. The van der Waals surface area contributed by atoms with Crippen LogP contribution in [0.1, 0.15) is 37.0 Å². The molecule has 1 unspecified atom stereocenters. The van der Waals surface area contributed by atoms with Crippen LogP contribution >= 0.6 is 11.6 Å². The molecule has 0 fully saturated rings. The summed E-state index contributed by atoms with van der Waals surface area (Å²) >= 11 is 5.74. The normalized spacial score (nSPS) is 13.4. The van der Waals surface area contributed by atoms with Crippen molar-refractivity contribution in [2.75, 3.05) is 7.11 Å². The van der Waals surface area contributed by atoms with E-state index in [-0.39, 0.29) is 10.6 Å². The van der Waals surface area contributed by atoms with Gasteiger partial charge in [0.15, 0.2) is 0 Å². The highest BCUT2D eigenvalue weighted by Gasteiger charge is 2.35. The van der Waals surface area contributed by atoms with Crippen LogP contribution in [0, 0.1) is 5.82 Å². The average Bonchev–Trinajstić information content (AvgIpc) is 2.40. The van der Waals surface area contributed by atoms with Crippen LogP contribution in [0.2, 0.25) is 5.02 Å². The summed E-state index contributed by atoms with van der Waals surface area (Å²) in [7, 11) is 1.24. The molecule has 1 aromatic carbocycles. The fourth-order valence-electron chi connectivity index (χ4n) is 1.93. The molecular formula is C14H17ClFNO3. The first-order valence-corrected chi connectivity index (χ1v) is 6.58. The highest BCUT2D eigenvalue weighted by molar-refractivity contribution is 6.31. The lowest BCUT2D eigenvalue weighted by Crippen LogP contribution is -2.52. The number of hydrogen-bond acceptors (Lipinski definition) is 3. The molecule has 0 aliphatic heterocycles. The van der Waals surface area contributed by atoms with E-state index >= 15 is 0 Å². The third-order valence-corrected chi connectivity index (χ3v) is 3.18. The number of amides is 1. The number of hydrogen-bond donors (Lipinski definition) is 1. The van der Waals surface area contributed by atoms with Crippen LogP contribution in [-0.4, -0.2) is 24.5 Å². The number of carbonyl (C=O) groups excluding carboxylic acids is 2. The van der Waals surface area contributed by atoms with Gasteiger partial charge in [-0.25, -0.2) is 9.18 Å². The summed E-state index contributed by atoms with van der Waals surface area (Å²) in [4.78, 5) is 23.9. The van der Waals surface area contributed by atoms with Gasteiger partial charge in [0.05, 0.1) is 12.7 Å². The van der Waals surface area contributed by atoms with E-state index in [2.05, 4.69) is 10.1 Å². The van der Waals surface area contributed by atoms with Crippen molar-refractivity contribution in [3.05, 3.63) is 34.6 Å². The minimum atomic E-state index is -1.20. The standard InChI is InChI=1S/C14H17ClFNO3/c1-4-7-14(2,13(19)20-3)17-12(18)10-8-9(15)5-6-11(10)16/h5-6,8H,4,7H2,1-3H3,(H,17,18). The Kier molecular flexibility index (Phi) is 5.51. The lowest BCUT2D eigenvalue weighted by molar-refractivity contribution is -0.147. The van der Waals surface area contributed by atoms with Crippen molar-refractivity contribution in [1.82, 2.24) is 5.32 Å². The molecule has 0 radical (unpaired) electrons. The van der Waals surface area contributed by atoms with Crippen LogP contribution in [0.15, 0.2) is 18.2 Å². The Morgan fingerprint density at radius 2 is 2.10 bits per heavy atom. The van der Waals surface area contributed by atoms with Gasteiger partial charge in [-0.05, 0) is 31.5 Å². The van der Waals surface area contributed by atoms with E-state index in [0.29, 0.717) is 12.8 Å². The van der Waals surface area contributed by atoms with Gasteiger partial charge in [0.25, 0.3) is 5.91 Å². The minimum absolute atomic E-state index is 0.205. The van der Waals surface area contributed by atoms with E-state index in [0.717, 1.165) is 6.07 Å². The van der Waals surface area contributed by atoms with Crippen molar-refractivity contribution in [3.8, 4) is 0 Å². The molecule has 0 heterocycles. The van der Waals surface area contributed by atoms with Gasteiger partial charge in [0.2, 0.25) is 0 Å². The quantitative estimate of drug-likeness (QED) is 0.851. The molecule has 4 nitrogen and oxygen atoms in total. The van der Waals surface area contributed by atoms with Gasteiger partial charge in [-0.15, -0.1) is 0 Å². The maximum absolute atomic E-state index is 13.6. The number of methoxy groups -OCH3 is 1. The van der Waals surface area contributed by atoms with Crippen molar-refractivity contribution >= 4 is 23.5 Å². The second kappa shape index (κ2) is 6.70. The minimum Gasteiger partial charge on any atom is -0.467 e. The zero-order chi connectivity index (χ0) is 15.3. The van der Waals surface area contributed by atoms with Gasteiger partial charge in [0, 0.05) is 5.02 Å². The van der Waals surface area contributed by atoms with Crippen molar-refractivity contribution in [1.29, 1.82) is 0 Å². The van der Waals surface area contributed by atoms with Gasteiger partial charge in [-0.2, -0.15) is 0 Å². The molecule has 110 valence electrons. The third kappa shape index (κ3) is 3.70. The molecule has 0 spiro atoms. The Balaban J connectivity index is 3.02. The highest BCUT2D eigenvalue weighted by Crippen LogP contribution is 2.19. The predicted octanol–water partition coefficient (Wildman–Crippen LogP) is 2.94. The fourth-order valence-corrected chi connectivity index (χ4v) is 2.10. The maximum Gasteiger partial charge on any atom is 0.331 e. The Labute approximate surface area is 122 Å².